The summed E-state index contributed by atoms with van der Waals surface area (Å²) in [6.45, 7) is 3.40. The zero-order valence-corrected chi connectivity index (χ0v) is 16.6. The second-order valence-electron chi connectivity index (χ2n) is 6.44. The lowest BCUT2D eigenvalue weighted by molar-refractivity contribution is 0.0940. The highest BCUT2D eigenvalue weighted by molar-refractivity contribution is 7.89. The van der Waals surface area contributed by atoms with Crippen LogP contribution in [-0.4, -0.2) is 33.5 Å². The second-order valence-corrected chi connectivity index (χ2v) is 8.16. The predicted octanol–water partition coefficient (Wildman–Crippen LogP) is 2.24. The molecule has 2 aromatic carbocycles. The number of hydrogen-bond acceptors (Lipinski definition) is 4. The molecular formula is C19H24ClN3O3S. The molecule has 146 valence electrons. The second kappa shape index (κ2) is 9.32. The molecule has 1 amide bonds. The zero-order valence-electron chi connectivity index (χ0n) is 15.0. The first-order valence-electron chi connectivity index (χ1n) is 8.64. The number of sulfonamides is 1. The predicted molar refractivity (Wildman–Crippen MR) is 108 cm³/mol. The molecule has 1 saturated heterocycles. The van der Waals surface area contributed by atoms with Crippen molar-refractivity contribution in [1.82, 2.24) is 15.4 Å². The van der Waals surface area contributed by atoms with Gasteiger partial charge in [0.2, 0.25) is 10.0 Å². The number of benzene rings is 2. The summed E-state index contributed by atoms with van der Waals surface area (Å²) in [4.78, 5) is 12.5. The topological polar surface area (TPSA) is 87.3 Å². The van der Waals surface area contributed by atoms with Crippen LogP contribution in [0.4, 0.5) is 0 Å². The van der Waals surface area contributed by atoms with E-state index in [0.717, 1.165) is 25.1 Å². The molecule has 0 saturated carbocycles. The minimum Gasteiger partial charge on any atom is -0.348 e. The standard InChI is InChI=1S/C19H23N3O3S.ClH/c1-14(15-6-3-2-4-7-15)22-26(24,25)18-9-5-8-16(12-18)19(23)21-17-10-11-20-13-17;/h2-9,12,14,17,20,22H,10-11,13H2,1H3,(H,21,23);1H. The Balaban J connectivity index is 0.00000261. The molecule has 0 radical (unpaired) electrons. The van der Waals surface area contributed by atoms with Gasteiger partial charge in [-0.2, -0.15) is 0 Å². The molecule has 2 atom stereocenters. The maximum atomic E-state index is 12.7. The fourth-order valence-corrected chi connectivity index (χ4v) is 4.24. The minimum atomic E-state index is -3.73. The molecule has 1 aliphatic heterocycles. The summed E-state index contributed by atoms with van der Waals surface area (Å²) in [6.07, 6.45) is 0.875. The van der Waals surface area contributed by atoms with Gasteiger partial charge >= 0.3 is 0 Å². The first-order chi connectivity index (χ1) is 12.5. The Kier molecular flexibility index (Phi) is 7.38. The molecule has 3 N–H and O–H groups in total. The number of rotatable bonds is 6. The fourth-order valence-electron chi connectivity index (χ4n) is 2.96. The third kappa shape index (κ3) is 5.52. The molecular weight excluding hydrogens is 386 g/mol. The van der Waals surface area contributed by atoms with Crippen LogP contribution in [-0.2, 0) is 10.0 Å². The van der Waals surface area contributed by atoms with E-state index in [0.29, 0.717) is 5.56 Å². The Morgan fingerprint density at radius 2 is 1.89 bits per heavy atom. The smallest absolute Gasteiger partial charge is 0.251 e. The van der Waals surface area contributed by atoms with Crippen molar-refractivity contribution in [3.05, 3.63) is 65.7 Å². The van der Waals surface area contributed by atoms with Crippen LogP contribution in [0.1, 0.15) is 35.3 Å². The van der Waals surface area contributed by atoms with Crippen molar-refractivity contribution in [3.8, 4) is 0 Å². The van der Waals surface area contributed by atoms with E-state index in [1.807, 2.05) is 30.3 Å². The molecule has 0 aromatic heterocycles. The fraction of sp³-hybridized carbons (Fsp3) is 0.316. The highest BCUT2D eigenvalue weighted by atomic mass is 35.5. The summed E-state index contributed by atoms with van der Waals surface area (Å²) in [5.41, 5.74) is 1.21. The van der Waals surface area contributed by atoms with Gasteiger partial charge in [0, 0.05) is 24.2 Å². The first-order valence-corrected chi connectivity index (χ1v) is 10.1. The molecule has 27 heavy (non-hydrogen) atoms. The zero-order chi connectivity index (χ0) is 18.6. The SMILES string of the molecule is CC(NS(=O)(=O)c1cccc(C(=O)NC2CCNC2)c1)c1ccccc1.Cl. The number of nitrogens with one attached hydrogen (secondary N) is 3. The van der Waals surface area contributed by atoms with Gasteiger partial charge in [-0.15, -0.1) is 12.4 Å². The first kappa shape index (κ1) is 21.4. The molecule has 1 heterocycles. The van der Waals surface area contributed by atoms with Gasteiger partial charge in [-0.3, -0.25) is 4.79 Å². The molecule has 1 fully saturated rings. The molecule has 2 aromatic rings. The average molecular weight is 410 g/mol. The van der Waals surface area contributed by atoms with E-state index in [4.69, 9.17) is 0 Å². The van der Waals surface area contributed by atoms with E-state index in [9.17, 15) is 13.2 Å². The molecule has 0 aliphatic carbocycles. The number of amides is 1. The molecule has 8 heteroatoms. The normalized spacial score (nSPS) is 17.7. The van der Waals surface area contributed by atoms with Gasteiger partial charge < -0.3 is 10.6 Å². The van der Waals surface area contributed by atoms with E-state index in [-0.39, 0.29) is 35.3 Å². The van der Waals surface area contributed by atoms with Gasteiger partial charge in [-0.25, -0.2) is 13.1 Å². The summed E-state index contributed by atoms with van der Waals surface area (Å²) in [7, 11) is -3.73. The lowest BCUT2D eigenvalue weighted by atomic mass is 10.1. The van der Waals surface area contributed by atoms with E-state index < -0.39 is 10.0 Å². The van der Waals surface area contributed by atoms with Crippen molar-refractivity contribution in [3.63, 3.8) is 0 Å². The quantitative estimate of drug-likeness (QED) is 0.682. The van der Waals surface area contributed by atoms with Gasteiger partial charge in [0.05, 0.1) is 4.90 Å². The van der Waals surface area contributed by atoms with E-state index in [1.54, 1.807) is 19.1 Å². The van der Waals surface area contributed by atoms with Crippen LogP contribution >= 0.6 is 12.4 Å². The highest BCUT2D eigenvalue weighted by Gasteiger charge is 2.21. The molecule has 0 bridgehead atoms. The van der Waals surface area contributed by atoms with Crippen LogP contribution in [0.5, 0.6) is 0 Å². The summed E-state index contributed by atoms with van der Waals surface area (Å²) in [6, 6.07) is 15.2. The maximum absolute atomic E-state index is 12.7. The lowest BCUT2D eigenvalue weighted by Crippen LogP contribution is -2.36. The van der Waals surface area contributed by atoms with Gasteiger partial charge in [0.15, 0.2) is 0 Å². The van der Waals surface area contributed by atoms with Crippen LogP contribution < -0.4 is 15.4 Å². The molecule has 0 spiro atoms. The van der Waals surface area contributed by atoms with Gasteiger partial charge in [-0.1, -0.05) is 36.4 Å². The van der Waals surface area contributed by atoms with Crippen LogP contribution in [0, 0.1) is 0 Å². The Hall–Kier alpha value is -1.93. The molecule has 2 unspecified atom stereocenters. The highest BCUT2D eigenvalue weighted by Crippen LogP contribution is 2.18. The Morgan fingerprint density at radius 1 is 1.15 bits per heavy atom. The third-order valence-corrected chi connectivity index (χ3v) is 5.97. The summed E-state index contributed by atoms with van der Waals surface area (Å²) >= 11 is 0. The number of hydrogen-bond donors (Lipinski definition) is 3. The van der Waals surface area contributed by atoms with Crippen molar-refractivity contribution in [2.24, 2.45) is 0 Å². The van der Waals surface area contributed by atoms with Gasteiger partial charge in [0.1, 0.15) is 0 Å². The summed E-state index contributed by atoms with van der Waals surface area (Å²) in [5.74, 6) is -0.258. The third-order valence-electron chi connectivity index (χ3n) is 4.43. The van der Waals surface area contributed by atoms with Crippen molar-refractivity contribution in [2.75, 3.05) is 13.1 Å². The van der Waals surface area contributed by atoms with Gasteiger partial charge in [-0.05, 0) is 43.7 Å². The van der Waals surface area contributed by atoms with Crippen molar-refractivity contribution >= 4 is 28.3 Å². The Morgan fingerprint density at radius 3 is 2.56 bits per heavy atom. The van der Waals surface area contributed by atoms with E-state index in [1.165, 1.54) is 12.1 Å². The number of carbonyl (C=O) groups excluding carboxylic acids is 1. The lowest BCUT2D eigenvalue weighted by Gasteiger charge is -2.15. The summed E-state index contributed by atoms with van der Waals surface area (Å²) < 4.78 is 28.0. The maximum Gasteiger partial charge on any atom is 0.251 e. The van der Waals surface area contributed by atoms with Crippen LogP contribution in [0.3, 0.4) is 0 Å². The van der Waals surface area contributed by atoms with Crippen LogP contribution in [0.15, 0.2) is 59.5 Å². The number of halogens is 1. The number of carbonyl (C=O) groups is 1. The van der Waals surface area contributed by atoms with Crippen LogP contribution in [0.2, 0.25) is 0 Å². The van der Waals surface area contributed by atoms with Gasteiger partial charge in [0.25, 0.3) is 5.91 Å². The molecule has 6 nitrogen and oxygen atoms in total. The van der Waals surface area contributed by atoms with Crippen molar-refractivity contribution in [2.45, 2.75) is 30.3 Å². The van der Waals surface area contributed by atoms with E-state index >= 15 is 0 Å². The minimum absolute atomic E-state index is 0. The molecule has 1 aliphatic rings. The van der Waals surface area contributed by atoms with Crippen molar-refractivity contribution in [1.29, 1.82) is 0 Å². The average Bonchev–Trinajstić information content (AvgIpc) is 3.15. The Labute approximate surface area is 166 Å². The Bertz CT molecular complexity index is 869. The largest absolute Gasteiger partial charge is 0.348 e. The summed E-state index contributed by atoms with van der Waals surface area (Å²) in [5, 5.41) is 6.11. The molecule has 3 rings (SSSR count). The van der Waals surface area contributed by atoms with Crippen molar-refractivity contribution < 1.29 is 13.2 Å². The van der Waals surface area contributed by atoms with Crippen LogP contribution in [0.25, 0.3) is 0 Å². The van der Waals surface area contributed by atoms with E-state index in [2.05, 4.69) is 15.4 Å². The monoisotopic (exact) mass is 409 g/mol.